The molecule has 0 bridgehead atoms. The monoisotopic (exact) mass is 414 g/mol. The van der Waals surface area contributed by atoms with Crippen molar-refractivity contribution in [1.82, 2.24) is 14.8 Å². The van der Waals surface area contributed by atoms with Gasteiger partial charge in [0.05, 0.1) is 6.54 Å². The van der Waals surface area contributed by atoms with Crippen LogP contribution < -0.4 is 15.4 Å². The maximum Gasteiger partial charge on any atom is 0.319 e. The predicted molar refractivity (Wildman–Crippen MR) is 115 cm³/mol. The van der Waals surface area contributed by atoms with E-state index in [4.69, 9.17) is 16.3 Å². The van der Waals surface area contributed by atoms with E-state index in [-0.39, 0.29) is 18.5 Å². The van der Waals surface area contributed by atoms with Crippen LogP contribution in [0.1, 0.15) is 0 Å². The Morgan fingerprint density at radius 3 is 2.59 bits per heavy atom. The quantitative estimate of drug-likeness (QED) is 0.580. The second-order valence-corrected chi connectivity index (χ2v) is 7.13. The smallest absolute Gasteiger partial charge is 0.319 e. The van der Waals surface area contributed by atoms with E-state index in [0.717, 1.165) is 10.9 Å². The first kappa shape index (κ1) is 20.5. The van der Waals surface area contributed by atoms with Crippen LogP contribution in [-0.2, 0) is 11.3 Å². The van der Waals surface area contributed by atoms with Gasteiger partial charge in [0, 0.05) is 41.9 Å². The average molecular weight is 415 g/mol. The lowest BCUT2D eigenvalue weighted by molar-refractivity contribution is -0.129. The van der Waals surface area contributed by atoms with Gasteiger partial charge in [0.15, 0.2) is 0 Å². The average Bonchev–Trinajstić information content (AvgIpc) is 3.08. The van der Waals surface area contributed by atoms with E-state index in [9.17, 15) is 9.59 Å². The van der Waals surface area contributed by atoms with E-state index in [1.165, 1.54) is 0 Å². The lowest BCUT2D eigenvalue weighted by Crippen LogP contribution is -2.32. The third-order valence-electron chi connectivity index (χ3n) is 4.30. The number of hydrogen-bond donors (Lipinski definition) is 2. The van der Waals surface area contributed by atoms with Gasteiger partial charge in [0.1, 0.15) is 18.9 Å². The van der Waals surface area contributed by atoms with Crippen molar-refractivity contribution in [3.05, 3.63) is 59.8 Å². The summed E-state index contributed by atoms with van der Waals surface area (Å²) in [6.45, 7) is 0.980. The van der Waals surface area contributed by atoms with Gasteiger partial charge in [-0.1, -0.05) is 11.6 Å². The molecule has 0 saturated heterocycles. The zero-order valence-corrected chi connectivity index (χ0v) is 17.1. The zero-order chi connectivity index (χ0) is 20.8. The molecule has 0 atom stereocenters. The minimum Gasteiger partial charge on any atom is -0.492 e. The summed E-state index contributed by atoms with van der Waals surface area (Å²) in [5.74, 6) is 0.712. The van der Waals surface area contributed by atoms with Gasteiger partial charge < -0.3 is 24.8 Å². The number of nitrogens with zero attached hydrogens (tertiary/aromatic N) is 2. The number of ether oxygens (including phenoxy) is 1. The van der Waals surface area contributed by atoms with Crippen LogP contribution in [0, 0.1) is 0 Å². The van der Waals surface area contributed by atoms with Crippen molar-refractivity contribution in [2.24, 2.45) is 0 Å². The molecule has 2 aromatic carbocycles. The molecule has 3 rings (SSSR count). The number of hydrogen-bond acceptors (Lipinski definition) is 3. The molecule has 0 fully saturated rings. The van der Waals surface area contributed by atoms with E-state index >= 15 is 0 Å². The molecule has 8 heteroatoms. The van der Waals surface area contributed by atoms with Crippen molar-refractivity contribution in [3.63, 3.8) is 0 Å². The van der Waals surface area contributed by atoms with Gasteiger partial charge in [-0.2, -0.15) is 0 Å². The molecule has 7 nitrogen and oxygen atoms in total. The first-order chi connectivity index (χ1) is 13.9. The Bertz CT molecular complexity index is 999. The Labute approximate surface area is 174 Å². The Balaban J connectivity index is 1.49. The molecule has 0 aliphatic heterocycles. The highest BCUT2D eigenvalue weighted by atomic mass is 35.5. The lowest BCUT2D eigenvalue weighted by Gasteiger charge is -2.12. The maximum absolute atomic E-state index is 12.1. The van der Waals surface area contributed by atoms with Gasteiger partial charge >= 0.3 is 6.03 Å². The third-order valence-corrected chi connectivity index (χ3v) is 4.56. The topological polar surface area (TPSA) is 75.6 Å². The van der Waals surface area contributed by atoms with Crippen LogP contribution in [-0.4, -0.2) is 48.7 Å². The summed E-state index contributed by atoms with van der Waals surface area (Å²) in [4.78, 5) is 25.6. The van der Waals surface area contributed by atoms with Gasteiger partial charge in [-0.05, 0) is 48.5 Å². The van der Waals surface area contributed by atoms with E-state index in [0.29, 0.717) is 29.6 Å². The van der Waals surface area contributed by atoms with E-state index in [2.05, 4.69) is 10.6 Å². The standard InChI is InChI=1S/C21H23ClN4O3/c1-25(2)20(27)14-26-11-9-15-13-17(5-8-19(15)26)24-21(28)23-10-12-29-18-6-3-16(22)4-7-18/h3-9,11,13H,10,12,14H2,1-2H3,(H2,23,24,28). The first-order valence-corrected chi connectivity index (χ1v) is 9.52. The van der Waals surface area contributed by atoms with Gasteiger partial charge in [0.2, 0.25) is 5.91 Å². The highest BCUT2D eigenvalue weighted by molar-refractivity contribution is 6.30. The normalized spacial score (nSPS) is 10.6. The second-order valence-electron chi connectivity index (χ2n) is 6.69. The molecule has 2 N–H and O–H groups in total. The molecule has 29 heavy (non-hydrogen) atoms. The number of nitrogens with one attached hydrogen (secondary N) is 2. The number of aromatic nitrogens is 1. The van der Waals surface area contributed by atoms with Crippen LogP contribution in [0.5, 0.6) is 5.75 Å². The summed E-state index contributed by atoms with van der Waals surface area (Å²) in [5.41, 5.74) is 1.60. The van der Waals surface area contributed by atoms with E-state index < -0.39 is 0 Å². The molecule has 0 radical (unpaired) electrons. The van der Waals surface area contributed by atoms with Crippen LogP contribution in [0.4, 0.5) is 10.5 Å². The number of carbonyl (C=O) groups excluding carboxylic acids is 2. The Kier molecular flexibility index (Phi) is 6.61. The fraction of sp³-hybridized carbons (Fsp3) is 0.238. The molecule has 0 aliphatic rings. The summed E-state index contributed by atoms with van der Waals surface area (Å²) < 4.78 is 7.42. The lowest BCUT2D eigenvalue weighted by atomic mass is 10.2. The van der Waals surface area contributed by atoms with Crippen molar-refractivity contribution < 1.29 is 14.3 Å². The van der Waals surface area contributed by atoms with Crippen molar-refractivity contribution >= 4 is 40.1 Å². The fourth-order valence-corrected chi connectivity index (χ4v) is 2.87. The summed E-state index contributed by atoms with van der Waals surface area (Å²) in [7, 11) is 3.46. The second kappa shape index (κ2) is 9.34. The zero-order valence-electron chi connectivity index (χ0n) is 16.3. The van der Waals surface area contributed by atoms with Crippen LogP contribution in [0.2, 0.25) is 5.02 Å². The number of carbonyl (C=O) groups is 2. The predicted octanol–water partition coefficient (Wildman–Crippen LogP) is 3.58. The molecule has 0 unspecified atom stereocenters. The first-order valence-electron chi connectivity index (χ1n) is 9.14. The molecular weight excluding hydrogens is 392 g/mol. The molecular formula is C21H23ClN4O3. The number of amides is 3. The van der Waals surface area contributed by atoms with E-state index in [1.54, 1.807) is 43.3 Å². The van der Waals surface area contributed by atoms with Crippen molar-refractivity contribution in [3.8, 4) is 5.75 Å². The number of anilines is 1. The van der Waals surface area contributed by atoms with Crippen LogP contribution in [0.25, 0.3) is 10.9 Å². The number of rotatable bonds is 7. The maximum atomic E-state index is 12.1. The molecule has 0 aliphatic carbocycles. The summed E-state index contributed by atoms with van der Waals surface area (Å²) in [5, 5.41) is 7.14. The summed E-state index contributed by atoms with van der Waals surface area (Å²) >= 11 is 5.82. The molecule has 3 amide bonds. The number of benzene rings is 2. The van der Waals surface area contributed by atoms with E-state index in [1.807, 2.05) is 35.0 Å². The largest absolute Gasteiger partial charge is 0.492 e. The van der Waals surface area contributed by atoms with Crippen molar-refractivity contribution in [2.45, 2.75) is 6.54 Å². The van der Waals surface area contributed by atoms with Gasteiger partial charge in [-0.15, -0.1) is 0 Å². The highest BCUT2D eigenvalue weighted by Gasteiger charge is 2.09. The summed E-state index contributed by atoms with van der Waals surface area (Å²) in [6, 6.07) is 14.2. The molecule has 3 aromatic rings. The molecule has 152 valence electrons. The highest BCUT2D eigenvalue weighted by Crippen LogP contribution is 2.21. The Morgan fingerprint density at radius 2 is 1.86 bits per heavy atom. The van der Waals surface area contributed by atoms with Gasteiger partial charge in [-0.3, -0.25) is 4.79 Å². The number of fused-ring (bicyclic) bond motifs is 1. The van der Waals surface area contributed by atoms with Crippen molar-refractivity contribution in [1.29, 1.82) is 0 Å². The van der Waals surface area contributed by atoms with Gasteiger partial charge in [0.25, 0.3) is 0 Å². The number of likely N-dealkylation sites (N-methyl/N-ethyl adjacent to an activating group) is 1. The minimum atomic E-state index is -0.314. The SMILES string of the molecule is CN(C)C(=O)Cn1ccc2cc(NC(=O)NCCOc3ccc(Cl)cc3)ccc21. The molecule has 0 spiro atoms. The molecule has 0 saturated carbocycles. The Morgan fingerprint density at radius 1 is 1.10 bits per heavy atom. The Hall–Kier alpha value is -3.19. The minimum absolute atomic E-state index is 0.0184. The van der Waals surface area contributed by atoms with Crippen LogP contribution >= 0.6 is 11.6 Å². The fourth-order valence-electron chi connectivity index (χ4n) is 2.74. The van der Waals surface area contributed by atoms with Gasteiger partial charge in [-0.25, -0.2) is 4.79 Å². The van der Waals surface area contributed by atoms with Crippen molar-refractivity contribution in [2.75, 3.05) is 32.6 Å². The molecule has 1 heterocycles. The summed E-state index contributed by atoms with van der Waals surface area (Å²) in [6.07, 6.45) is 1.87. The molecule has 1 aromatic heterocycles. The number of halogens is 1. The van der Waals surface area contributed by atoms with Crippen LogP contribution in [0.15, 0.2) is 54.7 Å². The third kappa shape index (κ3) is 5.65. The number of urea groups is 1. The van der Waals surface area contributed by atoms with Crippen LogP contribution in [0.3, 0.4) is 0 Å².